The van der Waals surface area contributed by atoms with Crippen molar-refractivity contribution in [3.63, 3.8) is 0 Å². The summed E-state index contributed by atoms with van der Waals surface area (Å²) in [5, 5.41) is 43.4. The summed E-state index contributed by atoms with van der Waals surface area (Å²) in [6, 6.07) is 58.9. The van der Waals surface area contributed by atoms with E-state index < -0.39 is 72.8 Å². The minimum atomic E-state index is -1.41. The Labute approximate surface area is 528 Å². The predicted octanol–water partition coefficient (Wildman–Crippen LogP) is 6.71. The first-order valence-corrected chi connectivity index (χ1v) is 30.0. The third kappa shape index (κ3) is 13.8. The van der Waals surface area contributed by atoms with Crippen LogP contribution in [0.25, 0.3) is 22.3 Å². The van der Waals surface area contributed by atoms with Crippen LogP contribution < -0.4 is 27.0 Å². The van der Waals surface area contributed by atoms with E-state index in [0.29, 0.717) is 48.0 Å². The summed E-state index contributed by atoms with van der Waals surface area (Å²) in [6.07, 6.45) is -7.65. The highest BCUT2D eigenvalue weighted by Gasteiger charge is 2.54. The number of amides is 2. The molecule has 2 aliphatic rings. The van der Waals surface area contributed by atoms with Crippen LogP contribution in [0.15, 0.2) is 195 Å². The minimum absolute atomic E-state index is 0.0406. The van der Waals surface area contributed by atoms with E-state index in [9.17, 15) is 34.7 Å². The number of imidazole rings is 2. The lowest BCUT2D eigenvalue weighted by Crippen LogP contribution is -2.46. The fourth-order valence-electron chi connectivity index (χ4n) is 11.1. The molecule has 12 rings (SSSR count). The number of esters is 2. The summed E-state index contributed by atoms with van der Waals surface area (Å²) in [7, 11) is 0. The molecule has 8 atom stereocenters. The molecule has 2 amide bonds. The molecule has 0 saturated carbocycles. The van der Waals surface area contributed by atoms with Crippen LogP contribution in [-0.4, -0.2) is 136 Å². The van der Waals surface area contributed by atoms with Gasteiger partial charge in [0, 0.05) is 38.0 Å². The van der Waals surface area contributed by atoms with E-state index in [4.69, 9.17) is 24.7 Å². The number of aliphatic hydroxyl groups excluding tert-OH is 2. The molecule has 10 aromatic rings. The van der Waals surface area contributed by atoms with Crippen molar-refractivity contribution in [1.29, 1.82) is 5.26 Å². The average Bonchev–Trinajstić information content (AvgIpc) is 1.61. The number of aliphatic hydroxyl groups is 2. The van der Waals surface area contributed by atoms with Crippen LogP contribution in [0.5, 0.6) is 0 Å². The normalized spacial score (nSPS) is 19.2. The van der Waals surface area contributed by atoms with Gasteiger partial charge in [-0.15, -0.1) is 0 Å². The van der Waals surface area contributed by atoms with E-state index in [1.54, 1.807) is 74.5 Å². The third-order valence-electron chi connectivity index (χ3n) is 15.6. The maximum atomic E-state index is 13.6. The zero-order chi connectivity index (χ0) is 64.1. The van der Waals surface area contributed by atoms with Gasteiger partial charge in [0.1, 0.15) is 24.1 Å². The smallest absolute Gasteiger partial charge is 0.338 e. The van der Waals surface area contributed by atoms with Crippen molar-refractivity contribution in [1.82, 2.24) is 49.7 Å². The molecule has 2 fully saturated rings. The van der Waals surface area contributed by atoms with Gasteiger partial charge in [0.15, 0.2) is 70.8 Å². The lowest BCUT2D eigenvalue weighted by Gasteiger charge is -2.24. The summed E-state index contributed by atoms with van der Waals surface area (Å²) < 4.78 is 27.1. The molecule has 24 heteroatoms. The molecule has 2 saturated heterocycles. The Morgan fingerprint density at radius 2 is 0.946 bits per heavy atom. The second kappa shape index (κ2) is 29.2. The number of ether oxygens (including phenoxy) is 4. The molecule has 6 aromatic carbocycles. The zero-order valence-electron chi connectivity index (χ0n) is 50.0. The number of anilines is 2. The number of nitrogens with zero attached hydrogens (tertiary/aromatic N) is 9. The standard InChI is InChI=1S/C41H35N7O6.C27H31N7O4/c1-2-43-38(49)34-33(53-40(50)28-19-11-5-12-20-28)35(54-41(51)29-21-13-6-14-22-29)39(52-34)48-25-45-32-36(46-31(23-42)47-37(32)48)44-24-30(26-15-7-3-8-16-26)27-17-9-4-10-18-27;1-2-29-26(37)23-21(35)22(36)27(38-23)34-15-31-20-24(32-19(13-28)33-25(20)34)30-14-18(16-9-5-3-6-10-16)17-11-7-4-8-12-17/h3-22,25,30,33-35,39H,2,24H2,1H3,(H,43,49)(H,44,46,47);3-12,15,18,21-23,27,35-36H,2,13-14,28H2,1H3,(H,29,37)(H,30,32,33)/t33?,34-,35?,39?;21?,22?,23-,27?/m00/s1. The number of nitrogens with one attached hydrogen (secondary N) is 4. The topological polar surface area (TPSA) is 331 Å². The van der Waals surface area contributed by atoms with E-state index in [1.807, 2.05) is 103 Å². The van der Waals surface area contributed by atoms with Crippen LogP contribution in [0.2, 0.25) is 0 Å². The fraction of sp³-hybridized carbons (Fsp3) is 0.250. The van der Waals surface area contributed by atoms with Crippen molar-refractivity contribution in [3.8, 4) is 6.07 Å². The number of likely N-dealkylation sites (N-methyl/N-ethyl adjacent to an activating group) is 2. The Bertz CT molecular complexity index is 4110. The van der Waals surface area contributed by atoms with Crippen molar-refractivity contribution in [3.05, 3.63) is 240 Å². The number of nitrogens with two attached hydrogens (primary N) is 1. The Morgan fingerprint density at radius 3 is 1.39 bits per heavy atom. The number of fused-ring (bicyclic) bond motifs is 2. The second-order valence-corrected chi connectivity index (χ2v) is 21.5. The Hall–Kier alpha value is -10.8. The quantitative estimate of drug-likeness (QED) is 0.0367. The first-order chi connectivity index (χ1) is 45.0. The lowest BCUT2D eigenvalue weighted by atomic mass is 9.91. The third-order valence-corrected chi connectivity index (χ3v) is 15.6. The summed E-state index contributed by atoms with van der Waals surface area (Å²) in [5.74, 6) is -1.63. The molecular weight excluding hydrogens is 1170 g/mol. The number of benzene rings is 6. The molecule has 0 radical (unpaired) electrons. The van der Waals surface area contributed by atoms with Gasteiger partial charge in [-0.25, -0.2) is 29.5 Å². The van der Waals surface area contributed by atoms with Gasteiger partial charge in [-0.2, -0.15) is 15.2 Å². The molecular formula is C68H66N14O10. The zero-order valence-corrected chi connectivity index (χ0v) is 50.0. The molecule has 24 nitrogen and oxygen atoms in total. The highest BCUT2D eigenvalue weighted by atomic mass is 16.6. The molecule has 468 valence electrons. The molecule has 8 N–H and O–H groups in total. The van der Waals surface area contributed by atoms with Gasteiger partial charge in [0.2, 0.25) is 5.82 Å². The van der Waals surface area contributed by atoms with E-state index in [2.05, 4.69) is 75.4 Å². The van der Waals surface area contributed by atoms with Crippen LogP contribution in [0.3, 0.4) is 0 Å². The molecule has 6 unspecified atom stereocenters. The van der Waals surface area contributed by atoms with Crippen molar-refractivity contribution in [2.45, 2.75) is 81.3 Å². The number of hydrogen-bond donors (Lipinski definition) is 7. The summed E-state index contributed by atoms with van der Waals surface area (Å²) in [5.41, 5.74) is 12.1. The van der Waals surface area contributed by atoms with Gasteiger partial charge in [0.25, 0.3) is 11.8 Å². The average molecular weight is 1240 g/mol. The van der Waals surface area contributed by atoms with E-state index in [-0.39, 0.29) is 53.3 Å². The number of carbonyl (C=O) groups excluding carboxylic acids is 4. The first kappa shape index (κ1) is 62.8. The van der Waals surface area contributed by atoms with E-state index in [1.165, 1.54) is 21.8 Å². The second-order valence-electron chi connectivity index (χ2n) is 21.5. The minimum Gasteiger partial charge on any atom is -0.451 e. The Balaban J connectivity index is 0.000000200. The van der Waals surface area contributed by atoms with Gasteiger partial charge < -0.3 is 56.2 Å². The maximum Gasteiger partial charge on any atom is 0.338 e. The molecule has 0 aliphatic carbocycles. The summed E-state index contributed by atoms with van der Waals surface area (Å²) in [6.45, 7) is 5.12. The fourth-order valence-corrected chi connectivity index (χ4v) is 11.1. The summed E-state index contributed by atoms with van der Waals surface area (Å²) in [4.78, 5) is 80.0. The van der Waals surface area contributed by atoms with Gasteiger partial charge in [0.05, 0.1) is 30.3 Å². The highest BCUT2D eigenvalue weighted by molar-refractivity contribution is 5.92. The lowest BCUT2D eigenvalue weighted by molar-refractivity contribution is -0.138. The number of nitriles is 1. The number of carbonyl (C=O) groups is 4. The van der Waals surface area contributed by atoms with Gasteiger partial charge >= 0.3 is 11.9 Å². The molecule has 0 bridgehead atoms. The van der Waals surface area contributed by atoms with Gasteiger partial charge in [-0.3, -0.25) is 18.7 Å². The highest BCUT2D eigenvalue weighted by Crippen LogP contribution is 2.39. The number of hydrogen-bond acceptors (Lipinski definition) is 20. The summed E-state index contributed by atoms with van der Waals surface area (Å²) >= 11 is 0. The number of aromatic nitrogens is 8. The van der Waals surface area contributed by atoms with Crippen molar-refractivity contribution < 1.29 is 48.3 Å². The van der Waals surface area contributed by atoms with Gasteiger partial charge in [-0.1, -0.05) is 158 Å². The van der Waals surface area contributed by atoms with Crippen LogP contribution in [0, 0.1) is 11.3 Å². The van der Waals surface area contributed by atoms with Crippen LogP contribution in [0.1, 0.15) is 92.8 Å². The molecule has 2 aliphatic heterocycles. The predicted molar refractivity (Wildman–Crippen MR) is 338 cm³/mol. The SMILES string of the molecule is CCNC(=O)[C@H]1OC(n2cnc3c(NCC(c4ccccc4)c4ccccc4)nc(C#N)nc32)C(OC(=O)c2ccccc2)C1OC(=O)c1ccccc1.CCNC(=O)[C@H]1OC(n2cnc3c(NCC(c4ccccc4)c4ccccc4)nc(CN)nc32)C(O)C1O. The first-order valence-electron chi connectivity index (χ1n) is 30.0. The Morgan fingerprint density at radius 1 is 0.543 bits per heavy atom. The van der Waals surface area contributed by atoms with Gasteiger partial charge in [-0.05, 0) is 60.4 Å². The molecule has 6 heterocycles. The maximum absolute atomic E-state index is 13.6. The molecule has 4 aromatic heterocycles. The van der Waals surface area contributed by atoms with Crippen molar-refractivity contribution in [2.75, 3.05) is 36.8 Å². The van der Waals surface area contributed by atoms with Crippen molar-refractivity contribution >= 4 is 57.7 Å². The molecule has 0 spiro atoms. The van der Waals surface area contributed by atoms with Crippen LogP contribution >= 0.6 is 0 Å². The number of rotatable bonds is 21. The van der Waals surface area contributed by atoms with Crippen LogP contribution in [0.4, 0.5) is 11.6 Å². The van der Waals surface area contributed by atoms with E-state index >= 15 is 0 Å². The molecule has 92 heavy (non-hydrogen) atoms. The largest absolute Gasteiger partial charge is 0.451 e. The van der Waals surface area contributed by atoms with Crippen molar-refractivity contribution in [2.24, 2.45) is 5.73 Å². The van der Waals surface area contributed by atoms with Crippen LogP contribution in [-0.2, 0) is 35.1 Å². The monoisotopic (exact) mass is 1240 g/mol. The van der Waals surface area contributed by atoms with E-state index in [0.717, 1.165) is 22.3 Å². The Kier molecular flexibility index (Phi) is 19.9.